The Morgan fingerprint density at radius 2 is 1.96 bits per heavy atom. The van der Waals surface area contributed by atoms with Crippen LogP contribution in [0.15, 0.2) is 42.6 Å². The van der Waals surface area contributed by atoms with Crippen LogP contribution in [0.1, 0.15) is 19.4 Å². The predicted octanol–water partition coefficient (Wildman–Crippen LogP) is 3.63. The summed E-state index contributed by atoms with van der Waals surface area (Å²) in [6.07, 6.45) is 1.58. The van der Waals surface area contributed by atoms with E-state index in [1.807, 2.05) is 13.8 Å². The molecule has 0 radical (unpaired) electrons. The topological polar surface area (TPSA) is 114 Å². The van der Waals surface area contributed by atoms with Crippen LogP contribution in [0, 0.1) is 23.0 Å². The van der Waals surface area contributed by atoms with Crippen molar-refractivity contribution in [3.05, 3.63) is 58.3 Å². The van der Waals surface area contributed by atoms with E-state index in [4.69, 9.17) is 0 Å². The fourth-order valence-corrected chi connectivity index (χ4v) is 3.45. The maximum absolute atomic E-state index is 12.5. The van der Waals surface area contributed by atoms with Gasteiger partial charge in [-0.05, 0) is 36.6 Å². The van der Waals surface area contributed by atoms with Gasteiger partial charge in [-0.2, -0.15) is 0 Å². The summed E-state index contributed by atoms with van der Waals surface area (Å²) in [6.45, 7) is 5.51. The highest BCUT2D eigenvalue weighted by atomic mass is 32.2. The van der Waals surface area contributed by atoms with E-state index >= 15 is 0 Å². The maximum Gasteiger partial charge on any atom is 0.293 e. The molecule has 0 spiro atoms. The van der Waals surface area contributed by atoms with Gasteiger partial charge >= 0.3 is 0 Å². The lowest BCUT2D eigenvalue weighted by atomic mass is 10.1. The molecule has 0 saturated carbocycles. The van der Waals surface area contributed by atoms with Crippen molar-refractivity contribution in [2.45, 2.75) is 26.0 Å². The smallest absolute Gasteiger partial charge is 0.293 e. The van der Waals surface area contributed by atoms with Gasteiger partial charge in [0.25, 0.3) is 5.69 Å². The van der Waals surface area contributed by atoms with Crippen LogP contribution in [0.5, 0.6) is 0 Å². The van der Waals surface area contributed by atoms with Gasteiger partial charge < -0.3 is 10.6 Å². The largest absolute Gasteiger partial charge is 0.320 e. The lowest BCUT2D eigenvalue weighted by Gasteiger charge is -2.19. The molecule has 1 atom stereocenters. The number of benzene rings is 1. The third-order valence-corrected chi connectivity index (χ3v) is 5.34. The fraction of sp³-hybridized carbons (Fsp3) is 0.316. The van der Waals surface area contributed by atoms with Gasteiger partial charge in [0.15, 0.2) is 0 Å². The van der Waals surface area contributed by atoms with Gasteiger partial charge in [0.2, 0.25) is 11.8 Å². The molecule has 2 rings (SSSR count). The van der Waals surface area contributed by atoms with E-state index < -0.39 is 16.1 Å². The van der Waals surface area contributed by atoms with Gasteiger partial charge in [-0.25, -0.2) is 4.98 Å². The minimum absolute atomic E-state index is 0.0104. The van der Waals surface area contributed by atoms with E-state index in [1.54, 1.807) is 37.4 Å². The summed E-state index contributed by atoms with van der Waals surface area (Å²) in [5, 5.41) is 16.0. The number of nitro benzene ring substituents is 1. The minimum atomic E-state index is -0.535. The molecule has 1 heterocycles. The number of nitro groups is 1. The van der Waals surface area contributed by atoms with E-state index in [0.717, 1.165) is 5.56 Å². The van der Waals surface area contributed by atoms with Crippen molar-refractivity contribution in [2.75, 3.05) is 16.4 Å². The second-order valence-electron chi connectivity index (χ2n) is 6.51. The molecule has 28 heavy (non-hydrogen) atoms. The summed E-state index contributed by atoms with van der Waals surface area (Å²) in [7, 11) is 0. The van der Waals surface area contributed by atoms with Crippen LogP contribution in [-0.2, 0) is 9.59 Å². The number of hydrogen-bond donors (Lipinski definition) is 2. The molecular weight excluding hydrogens is 380 g/mol. The number of thioether (sulfide) groups is 1. The molecule has 0 aliphatic carbocycles. The third-order valence-electron chi connectivity index (χ3n) is 3.80. The van der Waals surface area contributed by atoms with Gasteiger partial charge in [0.1, 0.15) is 11.5 Å². The highest BCUT2D eigenvalue weighted by Gasteiger charge is 2.25. The molecule has 1 aromatic heterocycles. The maximum atomic E-state index is 12.5. The van der Waals surface area contributed by atoms with Crippen LogP contribution in [0.3, 0.4) is 0 Å². The number of aromatic nitrogens is 1. The first-order valence-electron chi connectivity index (χ1n) is 8.66. The van der Waals surface area contributed by atoms with Crippen LogP contribution < -0.4 is 10.6 Å². The Kier molecular flexibility index (Phi) is 7.51. The normalized spacial score (nSPS) is 11.7. The highest BCUT2D eigenvalue weighted by molar-refractivity contribution is 8.01. The molecule has 8 nitrogen and oxygen atoms in total. The molecular formula is C19H22N4O4S. The SMILES string of the molecule is Cc1ccc(NC(=O)CSC(C(=O)Nc2ccccn2)C(C)C)c([N+](=O)[O-])c1. The van der Waals surface area contributed by atoms with E-state index in [9.17, 15) is 19.7 Å². The fourth-order valence-electron chi connectivity index (χ4n) is 2.46. The first-order valence-corrected chi connectivity index (χ1v) is 9.71. The zero-order valence-electron chi connectivity index (χ0n) is 15.8. The molecule has 0 saturated heterocycles. The average Bonchev–Trinajstić information content (AvgIpc) is 2.63. The zero-order valence-corrected chi connectivity index (χ0v) is 16.7. The van der Waals surface area contributed by atoms with Gasteiger partial charge in [0, 0.05) is 12.3 Å². The van der Waals surface area contributed by atoms with Gasteiger partial charge in [0.05, 0.1) is 15.9 Å². The van der Waals surface area contributed by atoms with Crippen molar-refractivity contribution in [1.82, 2.24) is 4.98 Å². The molecule has 1 unspecified atom stereocenters. The van der Waals surface area contributed by atoms with Crippen molar-refractivity contribution < 1.29 is 14.5 Å². The van der Waals surface area contributed by atoms with Gasteiger partial charge in [-0.3, -0.25) is 19.7 Å². The lowest BCUT2D eigenvalue weighted by Crippen LogP contribution is -2.31. The number of nitrogens with zero attached hydrogens (tertiary/aromatic N) is 2. The monoisotopic (exact) mass is 402 g/mol. The molecule has 2 N–H and O–H groups in total. The Morgan fingerprint density at radius 1 is 1.21 bits per heavy atom. The van der Waals surface area contributed by atoms with Gasteiger partial charge in [-0.15, -0.1) is 11.8 Å². The van der Waals surface area contributed by atoms with Crippen LogP contribution in [0.25, 0.3) is 0 Å². The van der Waals surface area contributed by atoms with Crippen LogP contribution in [0.2, 0.25) is 0 Å². The first kappa shape index (κ1) is 21.4. The summed E-state index contributed by atoms with van der Waals surface area (Å²) in [5.74, 6) is -0.237. The number of rotatable bonds is 8. The number of aryl methyl sites for hydroxylation is 1. The van der Waals surface area contributed by atoms with Crippen molar-refractivity contribution in [3.8, 4) is 0 Å². The lowest BCUT2D eigenvalue weighted by molar-refractivity contribution is -0.384. The molecule has 148 valence electrons. The number of hydrogen-bond acceptors (Lipinski definition) is 6. The quantitative estimate of drug-likeness (QED) is 0.515. The molecule has 2 amide bonds. The van der Waals surface area contributed by atoms with E-state index in [0.29, 0.717) is 5.82 Å². The van der Waals surface area contributed by atoms with E-state index in [2.05, 4.69) is 15.6 Å². The van der Waals surface area contributed by atoms with E-state index in [-0.39, 0.29) is 29.0 Å². The van der Waals surface area contributed by atoms with Crippen molar-refractivity contribution >= 4 is 40.8 Å². The summed E-state index contributed by atoms with van der Waals surface area (Å²) < 4.78 is 0. The van der Waals surface area contributed by atoms with Gasteiger partial charge in [-0.1, -0.05) is 26.0 Å². The third kappa shape index (κ3) is 6.05. The molecule has 0 aliphatic rings. The molecule has 0 aliphatic heterocycles. The molecule has 2 aromatic rings. The van der Waals surface area contributed by atoms with Crippen molar-refractivity contribution in [2.24, 2.45) is 5.92 Å². The predicted molar refractivity (Wildman–Crippen MR) is 110 cm³/mol. The van der Waals surface area contributed by atoms with Crippen molar-refractivity contribution in [1.29, 1.82) is 0 Å². The zero-order chi connectivity index (χ0) is 20.7. The Balaban J connectivity index is 1.99. The Hall–Kier alpha value is -2.94. The number of anilines is 2. The van der Waals surface area contributed by atoms with Crippen LogP contribution in [-0.4, -0.2) is 32.7 Å². The number of carbonyl (C=O) groups excluding carboxylic acids is 2. The Labute approximate surface area is 167 Å². The second kappa shape index (κ2) is 9.84. The summed E-state index contributed by atoms with van der Waals surface area (Å²) >= 11 is 1.18. The summed E-state index contributed by atoms with van der Waals surface area (Å²) in [6, 6.07) is 9.79. The molecule has 0 bridgehead atoms. The highest BCUT2D eigenvalue weighted by Crippen LogP contribution is 2.26. The number of amides is 2. The standard InChI is InChI=1S/C19H22N4O4S/c1-12(2)18(19(25)22-16-6-4-5-9-20-16)28-11-17(24)21-14-8-7-13(3)10-15(14)23(26)27/h4-10,12,18H,11H2,1-3H3,(H,21,24)(H,20,22,25). The molecule has 9 heteroatoms. The van der Waals surface area contributed by atoms with Crippen LogP contribution in [0.4, 0.5) is 17.2 Å². The minimum Gasteiger partial charge on any atom is -0.320 e. The number of carbonyl (C=O) groups is 2. The summed E-state index contributed by atoms with van der Waals surface area (Å²) in [5.41, 5.74) is 0.706. The molecule has 0 fully saturated rings. The van der Waals surface area contributed by atoms with Crippen molar-refractivity contribution in [3.63, 3.8) is 0 Å². The Morgan fingerprint density at radius 3 is 2.57 bits per heavy atom. The Bertz CT molecular complexity index is 858. The first-order chi connectivity index (χ1) is 13.3. The summed E-state index contributed by atoms with van der Waals surface area (Å²) in [4.78, 5) is 39.5. The second-order valence-corrected chi connectivity index (χ2v) is 7.64. The number of pyridine rings is 1. The average molecular weight is 402 g/mol. The molecule has 1 aromatic carbocycles. The van der Waals surface area contributed by atoms with Crippen LogP contribution >= 0.6 is 11.8 Å². The number of nitrogens with one attached hydrogen (secondary N) is 2. The van der Waals surface area contributed by atoms with E-state index in [1.165, 1.54) is 23.9 Å².